The predicted molar refractivity (Wildman–Crippen MR) is 77.9 cm³/mol. The van der Waals surface area contributed by atoms with E-state index in [0.29, 0.717) is 5.56 Å². The van der Waals surface area contributed by atoms with Gasteiger partial charge in [-0.1, -0.05) is 24.3 Å². The largest absolute Gasteiger partial charge is 0.478 e. The standard InChI is InChI=1S/C14H17F2O5P/c1-3-20-22(19,21-4-2)14(15,16)12-8-5-11(6-9-12)7-10-13(17)18/h5-10H,3-4H2,1-2H3,(H,17,18). The van der Waals surface area contributed by atoms with Gasteiger partial charge in [-0.2, -0.15) is 8.78 Å². The molecule has 0 atom stereocenters. The average molecular weight is 334 g/mol. The third-order valence-corrected chi connectivity index (χ3v) is 4.76. The van der Waals surface area contributed by atoms with Crippen molar-refractivity contribution in [3.63, 3.8) is 0 Å². The van der Waals surface area contributed by atoms with Gasteiger partial charge in [0.2, 0.25) is 0 Å². The number of halogens is 2. The number of aliphatic carboxylic acids is 1. The van der Waals surface area contributed by atoms with Gasteiger partial charge >= 0.3 is 19.2 Å². The van der Waals surface area contributed by atoms with Gasteiger partial charge in [0, 0.05) is 11.6 Å². The van der Waals surface area contributed by atoms with E-state index in [1.165, 1.54) is 32.1 Å². The lowest BCUT2D eigenvalue weighted by atomic mass is 10.1. The van der Waals surface area contributed by atoms with Crippen LogP contribution in [0.3, 0.4) is 0 Å². The number of alkyl halides is 2. The molecule has 0 amide bonds. The molecule has 122 valence electrons. The van der Waals surface area contributed by atoms with Crippen LogP contribution in [0.4, 0.5) is 8.78 Å². The Hall–Kier alpha value is -1.56. The Labute approximate surface area is 127 Å². The van der Waals surface area contributed by atoms with Crippen molar-refractivity contribution < 1.29 is 32.3 Å². The monoisotopic (exact) mass is 334 g/mol. The Morgan fingerprint density at radius 1 is 1.23 bits per heavy atom. The molecule has 0 saturated carbocycles. The summed E-state index contributed by atoms with van der Waals surface area (Å²) in [7, 11) is -4.64. The Balaban J connectivity index is 3.11. The zero-order valence-corrected chi connectivity index (χ0v) is 13.1. The quantitative estimate of drug-likeness (QED) is 0.572. The molecule has 0 aliphatic carbocycles. The predicted octanol–water partition coefficient (Wildman–Crippen LogP) is 4.10. The summed E-state index contributed by atoms with van der Waals surface area (Å²) in [6.45, 7) is 2.54. The maximum atomic E-state index is 14.4. The lowest BCUT2D eigenvalue weighted by molar-refractivity contribution is -0.131. The van der Waals surface area contributed by atoms with Crippen LogP contribution in [0.5, 0.6) is 0 Å². The molecule has 0 heterocycles. The Morgan fingerprint density at radius 2 is 1.73 bits per heavy atom. The third-order valence-electron chi connectivity index (χ3n) is 2.62. The van der Waals surface area contributed by atoms with Crippen LogP contribution < -0.4 is 0 Å². The van der Waals surface area contributed by atoms with Gasteiger partial charge in [0.1, 0.15) is 0 Å². The van der Waals surface area contributed by atoms with E-state index in [9.17, 15) is 18.1 Å². The lowest BCUT2D eigenvalue weighted by Gasteiger charge is -2.25. The van der Waals surface area contributed by atoms with E-state index in [-0.39, 0.29) is 13.2 Å². The molecule has 1 rings (SSSR count). The van der Waals surface area contributed by atoms with Crippen LogP contribution in [-0.2, 0) is 24.1 Å². The second kappa shape index (κ2) is 7.63. The van der Waals surface area contributed by atoms with Crippen LogP contribution in [0, 0.1) is 0 Å². The van der Waals surface area contributed by atoms with E-state index in [2.05, 4.69) is 9.05 Å². The SMILES string of the molecule is CCOP(=O)(OCC)C(F)(F)c1ccc(C=CC(=O)O)cc1. The normalized spacial score (nSPS) is 12.7. The van der Waals surface area contributed by atoms with Gasteiger partial charge in [0.25, 0.3) is 0 Å². The minimum absolute atomic E-state index is 0.174. The van der Waals surface area contributed by atoms with E-state index < -0.39 is 24.8 Å². The molecule has 0 unspecified atom stereocenters. The Bertz CT molecular complexity index is 573. The smallest absolute Gasteiger partial charge is 0.404 e. The molecule has 0 aliphatic heterocycles. The number of carboxylic acids is 1. The fraction of sp³-hybridized carbons (Fsp3) is 0.357. The number of hydrogen-bond acceptors (Lipinski definition) is 4. The lowest BCUT2D eigenvalue weighted by Crippen LogP contribution is -2.18. The second-order valence-electron chi connectivity index (χ2n) is 4.17. The van der Waals surface area contributed by atoms with Crippen LogP contribution in [0.2, 0.25) is 0 Å². The molecule has 0 fully saturated rings. The molecule has 0 aromatic heterocycles. The van der Waals surface area contributed by atoms with Gasteiger partial charge in [-0.15, -0.1) is 0 Å². The summed E-state index contributed by atoms with van der Waals surface area (Å²) in [5.41, 5.74) is -3.90. The number of hydrogen-bond donors (Lipinski definition) is 1. The summed E-state index contributed by atoms with van der Waals surface area (Å²) in [6, 6.07) is 4.72. The highest BCUT2D eigenvalue weighted by atomic mass is 31.2. The van der Waals surface area contributed by atoms with Crippen LogP contribution in [0.1, 0.15) is 25.0 Å². The van der Waals surface area contributed by atoms with E-state index in [0.717, 1.165) is 18.2 Å². The molecular weight excluding hydrogens is 317 g/mol. The summed E-state index contributed by atoms with van der Waals surface area (Å²) in [4.78, 5) is 10.4. The first kappa shape index (κ1) is 18.5. The molecule has 0 bridgehead atoms. The summed E-state index contributed by atoms with van der Waals surface area (Å²) < 4.78 is 50.4. The molecular formula is C14H17F2O5P. The van der Waals surface area contributed by atoms with Crippen molar-refractivity contribution in [3.05, 3.63) is 41.5 Å². The summed E-state index contributed by atoms with van der Waals surface area (Å²) in [5, 5.41) is 8.51. The molecule has 0 aliphatic rings. The second-order valence-corrected chi connectivity index (χ2v) is 6.24. The summed E-state index contributed by atoms with van der Waals surface area (Å²) >= 11 is 0. The third kappa shape index (κ3) is 4.22. The van der Waals surface area contributed by atoms with Gasteiger partial charge < -0.3 is 14.2 Å². The highest BCUT2D eigenvalue weighted by molar-refractivity contribution is 7.54. The Morgan fingerprint density at radius 3 is 2.14 bits per heavy atom. The molecule has 1 aromatic rings. The summed E-state index contributed by atoms with van der Waals surface area (Å²) in [6.07, 6.45) is 2.15. The minimum Gasteiger partial charge on any atom is -0.478 e. The topological polar surface area (TPSA) is 72.8 Å². The van der Waals surface area contributed by atoms with Gasteiger partial charge in [0.15, 0.2) is 0 Å². The number of carboxylic acid groups (broad SMARTS) is 1. The molecule has 1 N–H and O–H groups in total. The molecule has 0 spiro atoms. The number of benzene rings is 1. The zero-order valence-electron chi connectivity index (χ0n) is 12.2. The van der Waals surface area contributed by atoms with E-state index in [1.807, 2.05) is 0 Å². The minimum atomic E-state index is -4.64. The molecule has 0 radical (unpaired) electrons. The van der Waals surface area contributed by atoms with Gasteiger partial charge in [0.05, 0.1) is 13.2 Å². The highest BCUT2D eigenvalue weighted by Crippen LogP contribution is 2.66. The maximum Gasteiger partial charge on any atom is 0.404 e. The van der Waals surface area contributed by atoms with E-state index in [1.54, 1.807) is 0 Å². The van der Waals surface area contributed by atoms with Gasteiger partial charge in [-0.25, -0.2) is 4.79 Å². The van der Waals surface area contributed by atoms with Crippen molar-refractivity contribution in [3.8, 4) is 0 Å². The molecule has 5 nitrogen and oxygen atoms in total. The van der Waals surface area contributed by atoms with Crippen LogP contribution >= 0.6 is 7.60 Å². The average Bonchev–Trinajstić information content (AvgIpc) is 2.46. The molecule has 8 heteroatoms. The van der Waals surface area contributed by atoms with Crippen molar-refractivity contribution in [2.75, 3.05) is 13.2 Å². The van der Waals surface area contributed by atoms with Crippen molar-refractivity contribution in [2.45, 2.75) is 19.5 Å². The van der Waals surface area contributed by atoms with Gasteiger partial charge in [-0.3, -0.25) is 4.57 Å². The fourth-order valence-corrected chi connectivity index (χ4v) is 3.20. The first-order chi connectivity index (χ1) is 10.3. The first-order valence-electron chi connectivity index (χ1n) is 6.55. The molecule has 22 heavy (non-hydrogen) atoms. The van der Waals surface area contributed by atoms with Crippen molar-refractivity contribution >= 4 is 19.6 Å². The van der Waals surface area contributed by atoms with Crippen LogP contribution in [-0.4, -0.2) is 24.3 Å². The van der Waals surface area contributed by atoms with Crippen molar-refractivity contribution in [2.24, 2.45) is 0 Å². The first-order valence-corrected chi connectivity index (χ1v) is 8.09. The van der Waals surface area contributed by atoms with Crippen LogP contribution in [0.15, 0.2) is 30.3 Å². The summed E-state index contributed by atoms with van der Waals surface area (Å²) in [5.74, 6) is -1.15. The number of carbonyl (C=O) groups is 1. The molecule has 1 aromatic carbocycles. The zero-order chi connectivity index (χ0) is 16.8. The van der Waals surface area contributed by atoms with Crippen LogP contribution in [0.25, 0.3) is 6.08 Å². The van der Waals surface area contributed by atoms with E-state index in [4.69, 9.17) is 5.11 Å². The molecule has 0 saturated heterocycles. The van der Waals surface area contributed by atoms with Crippen molar-refractivity contribution in [1.29, 1.82) is 0 Å². The van der Waals surface area contributed by atoms with Crippen molar-refractivity contribution in [1.82, 2.24) is 0 Å². The Kier molecular flexibility index (Phi) is 6.41. The fourth-order valence-electron chi connectivity index (χ4n) is 1.66. The van der Waals surface area contributed by atoms with E-state index >= 15 is 0 Å². The maximum absolute atomic E-state index is 14.4. The highest BCUT2D eigenvalue weighted by Gasteiger charge is 2.54. The van der Waals surface area contributed by atoms with Gasteiger partial charge in [-0.05, 0) is 25.5 Å². The number of rotatable bonds is 8.